The van der Waals surface area contributed by atoms with Crippen LogP contribution >= 0.6 is 0 Å². The molecule has 3 aliphatic rings. The molecule has 0 saturated carbocycles. The summed E-state index contributed by atoms with van der Waals surface area (Å²) in [6, 6.07) is 12.1. The van der Waals surface area contributed by atoms with Gasteiger partial charge in [0.15, 0.2) is 0 Å². The summed E-state index contributed by atoms with van der Waals surface area (Å²) in [5.74, 6) is -3.61. The highest BCUT2D eigenvalue weighted by Crippen LogP contribution is 2.42. The molecular weight excluding hydrogens is 516 g/mol. The zero-order chi connectivity index (χ0) is 28.3. The van der Waals surface area contributed by atoms with Crippen molar-refractivity contribution in [3.05, 3.63) is 65.4 Å². The van der Waals surface area contributed by atoms with E-state index in [0.29, 0.717) is 17.6 Å². The van der Waals surface area contributed by atoms with Crippen molar-refractivity contribution >= 4 is 16.6 Å². The molecule has 218 valence electrons. The Kier molecular flexibility index (Phi) is 8.76. The smallest absolute Gasteiger partial charge is 0.257 e. The van der Waals surface area contributed by atoms with Gasteiger partial charge in [-0.3, -0.25) is 4.90 Å². The first-order chi connectivity index (χ1) is 19.1. The lowest BCUT2D eigenvalue weighted by Gasteiger charge is -2.44. The molecule has 1 unspecified atom stereocenters. The lowest BCUT2D eigenvalue weighted by molar-refractivity contribution is -0.0293. The van der Waals surface area contributed by atoms with Crippen LogP contribution in [0.4, 0.5) is 23.2 Å². The fourth-order valence-corrected chi connectivity index (χ4v) is 6.86. The van der Waals surface area contributed by atoms with E-state index in [2.05, 4.69) is 21.3 Å². The third-order valence-corrected chi connectivity index (χ3v) is 9.02. The minimum Gasteiger partial charge on any atom is -0.371 e. The maximum absolute atomic E-state index is 13.4. The summed E-state index contributed by atoms with van der Waals surface area (Å²) in [6.45, 7) is 7.49. The molecule has 40 heavy (non-hydrogen) atoms. The van der Waals surface area contributed by atoms with Gasteiger partial charge in [0, 0.05) is 61.0 Å². The number of H-pyrrole nitrogens is 1. The molecule has 1 spiro atoms. The number of para-hydroxylation sites is 1. The first-order valence-electron chi connectivity index (χ1n) is 14.7. The topological polar surface area (TPSA) is 34.3 Å². The number of fused-ring (bicyclic) bond motifs is 3. The van der Waals surface area contributed by atoms with Crippen LogP contribution in [0.2, 0.25) is 0 Å². The van der Waals surface area contributed by atoms with E-state index in [9.17, 15) is 17.6 Å². The van der Waals surface area contributed by atoms with Gasteiger partial charge in [0.25, 0.3) is 5.92 Å². The number of nitrogens with one attached hydrogen (secondary N) is 2. The summed E-state index contributed by atoms with van der Waals surface area (Å²) < 4.78 is 53.1. The molecule has 8 heteroatoms. The fraction of sp³-hybridized carbons (Fsp3) is 0.562. The van der Waals surface area contributed by atoms with Crippen LogP contribution in [0.3, 0.4) is 0 Å². The average Bonchev–Trinajstić information content (AvgIpc) is 3.23. The van der Waals surface area contributed by atoms with Gasteiger partial charge >= 0.3 is 0 Å². The van der Waals surface area contributed by atoms with Crippen molar-refractivity contribution in [2.24, 2.45) is 5.41 Å². The fourth-order valence-electron chi connectivity index (χ4n) is 6.86. The summed E-state index contributed by atoms with van der Waals surface area (Å²) in [7, 11) is 0. The van der Waals surface area contributed by atoms with Crippen LogP contribution < -0.4 is 10.2 Å². The highest BCUT2D eigenvalue weighted by molar-refractivity contribution is 5.84. The molecule has 3 aliphatic heterocycles. The van der Waals surface area contributed by atoms with Gasteiger partial charge in [-0.25, -0.2) is 17.6 Å². The molecule has 3 aromatic rings. The lowest BCUT2D eigenvalue weighted by atomic mass is 9.71. The Morgan fingerprint density at radius 1 is 0.950 bits per heavy atom. The third kappa shape index (κ3) is 7.00. The number of anilines is 1. The van der Waals surface area contributed by atoms with Gasteiger partial charge in [0.05, 0.1) is 6.54 Å². The van der Waals surface area contributed by atoms with E-state index >= 15 is 0 Å². The molecule has 0 aliphatic carbocycles. The highest BCUT2D eigenvalue weighted by atomic mass is 19.3. The number of piperidine rings is 1. The Balaban J connectivity index is 0.000000162. The molecular formula is C32H42F4N4. The van der Waals surface area contributed by atoms with Crippen LogP contribution in [0.1, 0.15) is 63.6 Å². The van der Waals surface area contributed by atoms with E-state index in [1.165, 1.54) is 48.8 Å². The van der Waals surface area contributed by atoms with E-state index < -0.39 is 17.6 Å². The zero-order valence-corrected chi connectivity index (χ0v) is 23.7. The maximum Gasteiger partial charge on any atom is 0.257 e. The second-order valence-electron chi connectivity index (χ2n) is 12.2. The normalized spacial score (nSPS) is 21.9. The molecule has 2 fully saturated rings. The zero-order valence-electron chi connectivity index (χ0n) is 23.7. The van der Waals surface area contributed by atoms with Gasteiger partial charge in [0.1, 0.15) is 11.6 Å². The van der Waals surface area contributed by atoms with Gasteiger partial charge in [0.2, 0.25) is 0 Å². The minimum absolute atomic E-state index is 0.150. The van der Waals surface area contributed by atoms with Gasteiger partial charge < -0.3 is 15.2 Å². The molecule has 2 aromatic carbocycles. The lowest BCUT2D eigenvalue weighted by Crippen LogP contribution is -2.44. The third-order valence-electron chi connectivity index (χ3n) is 9.02. The molecule has 0 bridgehead atoms. The van der Waals surface area contributed by atoms with Crippen molar-refractivity contribution in [3.63, 3.8) is 0 Å². The van der Waals surface area contributed by atoms with Gasteiger partial charge in [-0.15, -0.1) is 0 Å². The quantitative estimate of drug-likeness (QED) is 0.332. The van der Waals surface area contributed by atoms with Crippen LogP contribution in [-0.4, -0.2) is 54.6 Å². The predicted octanol–water partition coefficient (Wildman–Crippen LogP) is 7.28. The van der Waals surface area contributed by atoms with Crippen molar-refractivity contribution in [2.75, 3.05) is 37.6 Å². The van der Waals surface area contributed by atoms with Gasteiger partial charge in [-0.05, 0) is 94.1 Å². The predicted molar refractivity (Wildman–Crippen MR) is 154 cm³/mol. The number of hydrogen-bond donors (Lipinski definition) is 2. The number of alkyl halides is 2. The van der Waals surface area contributed by atoms with Crippen LogP contribution in [0.5, 0.6) is 0 Å². The standard InChI is InChI=1S/C17H24F2N2.C15H18F2N2/c18-14-11-15(19)13-16(12-14)21-9-5-17(6-10-21)3-1-7-20-8-2-4-17;1-10-7-12-11-5-3-4-6-13(11)18-14(12)8-19(10)9-15(2,16)17/h11-13,20H,1-10H2;3-6,10,18H,7-9H2,1-2H3. The number of benzene rings is 2. The molecule has 1 atom stereocenters. The van der Waals surface area contributed by atoms with E-state index in [1.54, 1.807) is 0 Å². The Morgan fingerprint density at radius 2 is 1.60 bits per heavy atom. The molecule has 2 saturated heterocycles. The van der Waals surface area contributed by atoms with Crippen LogP contribution in [0.15, 0.2) is 42.5 Å². The molecule has 1 aromatic heterocycles. The van der Waals surface area contributed by atoms with E-state index in [0.717, 1.165) is 69.6 Å². The summed E-state index contributed by atoms with van der Waals surface area (Å²) in [6.07, 6.45) is 8.17. The number of nitrogens with zero attached hydrogens (tertiary/aromatic N) is 2. The van der Waals surface area contributed by atoms with Crippen LogP contribution in [-0.2, 0) is 13.0 Å². The second-order valence-corrected chi connectivity index (χ2v) is 12.2. The van der Waals surface area contributed by atoms with Crippen molar-refractivity contribution in [1.29, 1.82) is 0 Å². The number of hydrogen-bond acceptors (Lipinski definition) is 3. The molecule has 4 heterocycles. The monoisotopic (exact) mass is 558 g/mol. The highest BCUT2D eigenvalue weighted by Gasteiger charge is 2.35. The minimum atomic E-state index is -2.64. The summed E-state index contributed by atoms with van der Waals surface area (Å²) >= 11 is 0. The van der Waals surface area contributed by atoms with Crippen molar-refractivity contribution in [2.45, 2.75) is 77.3 Å². The van der Waals surface area contributed by atoms with Gasteiger partial charge in [-0.2, -0.15) is 0 Å². The number of aromatic nitrogens is 1. The maximum atomic E-state index is 13.4. The van der Waals surface area contributed by atoms with Crippen molar-refractivity contribution in [1.82, 2.24) is 15.2 Å². The first kappa shape index (κ1) is 28.9. The summed E-state index contributed by atoms with van der Waals surface area (Å²) in [5.41, 5.74) is 4.63. The van der Waals surface area contributed by atoms with E-state index in [-0.39, 0.29) is 12.6 Å². The van der Waals surface area contributed by atoms with Crippen molar-refractivity contribution < 1.29 is 17.6 Å². The Hall–Kier alpha value is -2.58. The Morgan fingerprint density at radius 3 is 2.25 bits per heavy atom. The summed E-state index contributed by atoms with van der Waals surface area (Å²) in [4.78, 5) is 7.36. The Bertz CT molecular complexity index is 1250. The Labute approximate surface area is 235 Å². The number of aromatic amines is 1. The molecule has 2 N–H and O–H groups in total. The number of halogens is 4. The molecule has 4 nitrogen and oxygen atoms in total. The van der Waals surface area contributed by atoms with Crippen LogP contribution in [0.25, 0.3) is 10.9 Å². The second kappa shape index (κ2) is 12.1. The number of rotatable bonds is 3. The van der Waals surface area contributed by atoms with E-state index in [4.69, 9.17) is 0 Å². The van der Waals surface area contributed by atoms with Crippen LogP contribution in [0, 0.1) is 17.0 Å². The molecule has 0 amide bonds. The first-order valence-corrected chi connectivity index (χ1v) is 14.7. The summed E-state index contributed by atoms with van der Waals surface area (Å²) in [5, 5.41) is 4.69. The average molecular weight is 559 g/mol. The molecule has 0 radical (unpaired) electrons. The molecule has 6 rings (SSSR count). The van der Waals surface area contributed by atoms with E-state index in [1.807, 2.05) is 30.0 Å². The van der Waals surface area contributed by atoms with Crippen molar-refractivity contribution in [3.8, 4) is 0 Å². The largest absolute Gasteiger partial charge is 0.371 e. The SMILES string of the molecule is CC1Cc2c([nH]c3ccccc23)CN1CC(C)(F)F.Fc1cc(F)cc(N2CCC3(CCCNCCC3)CC2)c1. The van der Waals surface area contributed by atoms with Gasteiger partial charge in [-0.1, -0.05) is 18.2 Å².